The quantitative estimate of drug-likeness (QED) is 0.716. The number of nitrogens with zero attached hydrogens (tertiary/aromatic N) is 3. The van der Waals surface area contributed by atoms with Crippen LogP contribution in [-0.4, -0.2) is 61.4 Å². The van der Waals surface area contributed by atoms with E-state index in [1.165, 1.54) is 18.9 Å². The zero-order chi connectivity index (χ0) is 22.7. The molecule has 1 aromatic carbocycles. The molecule has 1 fully saturated rings. The van der Waals surface area contributed by atoms with Crippen LogP contribution in [0.4, 0.5) is 5.69 Å². The number of hydrogen-bond donors (Lipinski definition) is 1. The molecule has 8 nitrogen and oxygen atoms in total. The number of benzene rings is 1. The summed E-state index contributed by atoms with van der Waals surface area (Å²) >= 11 is 0. The van der Waals surface area contributed by atoms with Crippen LogP contribution in [0.2, 0.25) is 0 Å². The second-order valence-corrected chi connectivity index (χ2v) is 10.4. The van der Waals surface area contributed by atoms with Crippen molar-refractivity contribution in [3.05, 3.63) is 42.2 Å². The van der Waals surface area contributed by atoms with Gasteiger partial charge in [-0.2, -0.15) is 4.31 Å². The number of fused-ring (bicyclic) bond motifs is 1. The van der Waals surface area contributed by atoms with E-state index in [1.54, 1.807) is 16.4 Å². The Bertz CT molecular complexity index is 1060. The van der Waals surface area contributed by atoms with Gasteiger partial charge in [0, 0.05) is 44.1 Å². The highest BCUT2D eigenvalue weighted by Crippen LogP contribution is 2.30. The largest absolute Gasteiger partial charge is 0.495 e. The Morgan fingerprint density at radius 2 is 1.84 bits per heavy atom. The molecule has 9 heteroatoms. The fraction of sp³-hybridized carbons (Fsp3) is 0.522. The van der Waals surface area contributed by atoms with Crippen LogP contribution in [0, 0.1) is 0 Å². The molecule has 3 heterocycles. The van der Waals surface area contributed by atoms with E-state index in [4.69, 9.17) is 4.74 Å². The van der Waals surface area contributed by atoms with Crippen molar-refractivity contribution < 1.29 is 17.9 Å². The molecule has 2 aliphatic rings. The molecule has 0 radical (unpaired) electrons. The van der Waals surface area contributed by atoms with E-state index >= 15 is 0 Å². The monoisotopic (exact) mass is 460 g/mol. The summed E-state index contributed by atoms with van der Waals surface area (Å²) in [5.74, 6) is 0.244. The van der Waals surface area contributed by atoms with Crippen LogP contribution in [0.3, 0.4) is 0 Å². The first kappa shape index (κ1) is 22.8. The first-order chi connectivity index (χ1) is 15.4. The van der Waals surface area contributed by atoms with Crippen molar-refractivity contribution in [2.24, 2.45) is 0 Å². The molecular weight excluding hydrogens is 428 g/mol. The fourth-order valence-electron chi connectivity index (χ4n) is 4.59. The van der Waals surface area contributed by atoms with Gasteiger partial charge in [-0.1, -0.05) is 12.8 Å². The maximum Gasteiger partial charge on any atom is 0.243 e. The summed E-state index contributed by atoms with van der Waals surface area (Å²) in [6.45, 7) is 4.99. The molecule has 1 atom stereocenters. The van der Waals surface area contributed by atoms with E-state index in [1.807, 2.05) is 6.07 Å². The van der Waals surface area contributed by atoms with Gasteiger partial charge < -0.3 is 14.6 Å². The Labute approximate surface area is 190 Å². The highest BCUT2D eigenvalue weighted by atomic mass is 32.2. The topological polar surface area (TPSA) is 83.9 Å². The summed E-state index contributed by atoms with van der Waals surface area (Å²) in [6, 6.07) is 8.90. The van der Waals surface area contributed by atoms with Gasteiger partial charge >= 0.3 is 0 Å². The lowest BCUT2D eigenvalue weighted by molar-refractivity contribution is -0.118. The Morgan fingerprint density at radius 3 is 2.56 bits per heavy atom. The number of nitrogens with one attached hydrogen (secondary N) is 1. The third-order valence-corrected chi connectivity index (χ3v) is 8.36. The standard InChI is InChI=1S/C23H32N4O4S/c1-18-21-8-7-11-25(21)14-15-26(18)17-23(28)24-20-16-19(9-10-22(20)31-2)32(29,30)27-12-5-3-4-6-13-27/h7-11,16,18H,3-6,12-15,17H2,1-2H3,(H,24,28)/t18-/m0/s1. The number of hydrogen-bond acceptors (Lipinski definition) is 5. The Morgan fingerprint density at radius 1 is 1.09 bits per heavy atom. The van der Waals surface area contributed by atoms with Crippen LogP contribution in [0.5, 0.6) is 5.75 Å². The molecule has 4 rings (SSSR count). The minimum Gasteiger partial charge on any atom is -0.495 e. The highest BCUT2D eigenvalue weighted by Gasteiger charge is 2.28. The summed E-state index contributed by atoms with van der Waals surface area (Å²) in [5, 5.41) is 2.88. The average Bonchev–Trinajstić information content (AvgIpc) is 3.09. The molecule has 2 aliphatic heterocycles. The first-order valence-corrected chi connectivity index (χ1v) is 12.7. The number of sulfonamides is 1. The van der Waals surface area contributed by atoms with Crippen molar-refractivity contribution in [3.8, 4) is 5.75 Å². The summed E-state index contributed by atoms with van der Waals surface area (Å²) in [4.78, 5) is 15.2. The van der Waals surface area contributed by atoms with Gasteiger partial charge in [0.15, 0.2) is 0 Å². The molecule has 174 valence electrons. The second-order valence-electron chi connectivity index (χ2n) is 8.50. The van der Waals surface area contributed by atoms with Crippen molar-refractivity contribution in [1.29, 1.82) is 0 Å². The number of ether oxygens (including phenoxy) is 1. The van der Waals surface area contributed by atoms with Crippen molar-refractivity contribution in [2.45, 2.75) is 50.1 Å². The van der Waals surface area contributed by atoms with Crippen LogP contribution in [-0.2, 0) is 21.4 Å². The lowest BCUT2D eigenvalue weighted by Crippen LogP contribution is -2.41. The predicted molar refractivity (Wildman–Crippen MR) is 123 cm³/mol. The summed E-state index contributed by atoms with van der Waals surface area (Å²) in [7, 11) is -2.11. The third-order valence-electron chi connectivity index (χ3n) is 6.46. The van der Waals surface area contributed by atoms with E-state index < -0.39 is 10.0 Å². The number of aromatic nitrogens is 1. The number of anilines is 1. The minimum absolute atomic E-state index is 0.126. The highest BCUT2D eigenvalue weighted by molar-refractivity contribution is 7.89. The van der Waals surface area contributed by atoms with E-state index in [2.05, 4.69) is 34.0 Å². The molecular formula is C23H32N4O4S. The molecule has 1 N–H and O–H groups in total. The number of amides is 1. The first-order valence-electron chi connectivity index (χ1n) is 11.3. The van der Waals surface area contributed by atoms with Gasteiger partial charge in [0.1, 0.15) is 5.75 Å². The SMILES string of the molecule is COc1ccc(S(=O)(=O)N2CCCCCC2)cc1NC(=O)CN1CCn2cccc2[C@@H]1C. The van der Waals surface area contributed by atoms with E-state index in [-0.39, 0.29) is 23.4 Å². The maximum absolute atomic E-state index is 13.2. The second kappa shape index (κ2) is 9.64. The average molecular weight is 461 g/mol. The summed E-state index contributed by atoms with van der Waals surface area (Å²) in [6.07, 6.45) is 5.91. The van der Waals surface area contributed by atoms with E-state index in [0.717, 1.165) is 38.8 Å². The third kappa shape index (κ3) is 4.69. The molecule has 0 aliphatic carbocycles. The normalized spacial score (nSPS) is 20.4. The maximum atomic E-state index is 13.2. The van der Waals surface area contributed by atoms with Gasteiger partial charge in [-0.15, -0.1) is 0 Å². The number of carbonyl (C=O) groups is 1. The van der Waals surface area contributed by atoms with Gasteiger partial charge in [0.05, 0.1) is 24.2 Å². The van der Waals surface area contributed by atoms with E-state index in [9.17, 15) is 13.2 Å². The fourth-order valence-corrected chi connectivity index (χ4v) is 6.14. The van der Waals surface area contributed by atoms with Crippen molar-refractivity contribution in [3.63, 3.8) is 0 Å². The number of carbonyl (C=O) groups excluding carboxylic acids is 1. The zero-order valence-corrected chi connectivity index (χ0v) is 19.6. The van der Waals surface area contributed by atoms with Crippen LogP contribution in [0.25, 0.3) is 0 Å². The summed E-state index contributed by atoms with van der Waals surface area (Å²) in [5.41, 5.74) is 1.56. The lowest BCUT2D eigenvalue weighted by Gasteiger charge is -2.34. The molecule has 32 heavy (non-hydrogen) atoms. The van der Waals surface area contributed by atoms with Gasteiger partial charge in [-0.05, 0) is 50.1 Å². The van der Waals surface area contributed by atoms with Crippen molar-refractivity contribution in [2.75, 3.05) is 38.6 Å². The molecule has 0 unspecified atom stereocenters. The molecule has 1 aromatic heterocycles. The number of methoxy groups -OCH3 is 1. The van der Waals surface area contributed by atoms with Crippen molar-refractivity contribution >= 4 is 21.6 Å². The minimum atomic E-state index is -3.62. The smallest absolute Gasteiger partial charge is 0.243 e. The Kier molecular flexibility index (Phi) is 6.88. The van der Waals surface area contributed by atoms with Gasteiger partial charge in [-0.25, -0.2) is 8.42 Å². The zero-order valence-electron chi connectivity index (χ0n) is 18.8. The Balaban J connectivity index is 1.50. The lowest BCUT2D eigenvalue weighted by atomic mass is 10.1. The number of rotatable bonds is 6. The molecule has 1 saturated heterocycles. The van der Waals surface area contributed by atoms with Gasteiger partial charge in [-0.3, -0.25) is 9.69 Å². The Hall–Kier alpha value is -2.36. The van der Waals surface area contributed by atoms with E-state index in [0.29, 0.717) is 24.5 Å². The molecule has 0 bridgehead atoms. The van der Waals surface area contributed by atoms with Gasteiger partial charge in [0.2, 0.25) is 15.9 Å². The molecule has 1 amide bonds. The van der Waals surface area contributed by atoms with Crippen LogP contribution in [0.1, 0.15) is 44.3 Å². The van der Waals surface area contributed by atoms with Gasteiger partial charge in [0.25, 0.3) is 0 Å². The molecule has 0 spiro atoms. The summed E-state index contributed by atoms with van der Waals surface area (Å²) < 4.78 is 35.5. The predicted octanol–water partition coefficient (Wildman–Crippen LogP) is 3.08. The van der Waals surface area contributed by atoms with Crippen LogP contribution in [0.15, 0.2) is 41.4 Å². The van der Waals surface area contributed by atoms with Crippen LogP contribution >= 0.6 is 0 Å². The van der Waals surface area contributed by atoms with Crippen molar-refractivity contribution in [1.82, 2.24) is 13.8 Å². The molecule has 0 saturated carbocycles. The molecule has 2 aromatic rings. The van der Waals surface area contributed by atoms with Crippen LogP contribution < -0.4 is 10.1 Å².